The van der Waals surface area contributed by atoms with E-state index in [2.05, 4.69) is 42.9 Å². The summed E-state index contributed by atoms with van der Waals surface area (Å²) in [6, 6.07) is 2.46. The minimum Gasteiger partial charge on any atom is -0.493 e. The molecule has 23 heavy (non-hydrogen) atoms. The van der Waals surface area contributed by atoms with Crippen LogP contribution < -0.4 is 20.1 Å². The average Bonchev–Trinajstić information content (AvgIpc) is 2.39. The normalized spacial score (nSPS) is 12.2. The van der Waals surface area contributed by atoms with Gasteiger partial charge in [0.2, 0.25) is 0 Å². The quantitative estimate of drug-likeness (QED) is 0.239. The first-order valence-corrected chi connectivity index (χ1v) is 8.05. The number of ether oxygens (including phenoxy) is 1. The third-order valence-corrected chi connectivity index (χ3v) is 3.75. The Morgan fingerprint density at radius 1 is 1.48 bits per heavy atom. The largest absolute Gasteiger partial charge is 0.534 e. The van der Waals surface area contributed by atoms with E-state index in [4.69, 9.17) is 10.5 Å². The van der Waals surface area contributed by atoms with Gasteiger partial charge in [0.05, 0.1) is 17.8 Å². The molecule has 0 atom stereocenters. The molecule has 1 aromatic rings. The molecule has 0 radical (unpaired) electrons. The number of nitrogens with zero attached hydrogens (tertiary/aromatic N) is 1. The maximum atomic E-state index is 12.4. The van der Waals surface area contributed by atoms with E-state index in [0.29, 0.717) is 5.56 Å². The van der Waals surface area contributed by atoms with Crippen molar-refractivity contribution < 1.29 is 30.5 Å². The SMILES string of the molecule is COc1cc(/C=N/NC(N)=S)cc(Br)c1OS(=O)(=O)C(F)(F)F. The second kappa shape index (κ2) is 7.31. The van der Waals surface area contributed by atoms with E-state index in [9.17, 15) is 21.6 Å². The van der Waals surface area contributed by atoms with E-state index in [0.717, 1.165) is 7.11 Å². The maximum Gasteiger partial charge on any atom is 0.534 e. The van der Waals surface area contributed by atoms with E-state index in [1.165, 1.54) is 18.3 Å². The summed E-state index contributed by atoms with van der Waals surface area (Å²) in [5.74, 6) is -0.909. The van der Waals surface area contributed by atoms with Gasteiger partial charge in [-0.15, -0.1) is 0 Å². The zero-order valence-electron chi connectivity index (χ0n) is 11.2. The van der Waals surface area contributed by atoms with Gasteiger partial charge in [0, 0.05) is 0 Å². The first-order valence-electron chi connectivity index (χ1n) is 5.44. The average molecular weight is 436 g/mol. The molecule has 13 heteroatoms. The highest BCUT2D eigenvalue weighted by Gasteiger charge is 2.49. The molecule has 1 aromatic carbocycles. The number of nitrogens with one attached hydrogen (secondary N) is 1. The Morgan fingerprint density at radius 3 is 2.57 bits per heavy atom. The molecule has 0 bridgehead atoms. The second-order valence-electron chi connectivity index (χ2n) is 3.75. The standard InChI is InChI=1S/C10H9BrF3N3O4S2/c1-20-7-3-5(4-16-17-9(15)22)2-6(11)8(7)21-23(18,19)10(12,13)14/h2-4H,1H3,(H3,15,17,22)/b16-4+. The number of thiocarbonyl (C=S) groups is 1. The number of hydrogen-bond donors (Lipinski definition) is 2. The number of hydrogen-bond acceptors (Lipinski definition) is 6. The molecule has 0 fully saturated rings. The molecule has 0 saturated carbocycles. The Kier molecular flexibility index (Phi) is 6.18. The molecule has 0 aromatic heterocycles. The number of rotatable bonds is 5. The van der Waals surface area contributed by atoms with Crippen LogP contribution in [-0.4, -0.2) is 32.4 Å². The highest BCUT2D eigenvalue weighted by molar-refractivity contribution is 9.10. The summed E-state index contributed by atoms with van der Waals surface area (Å²) in [4.78, 5) is 0. The predicted molar refractivity (Wildman–Crippen MR) is 83.8 cm³/mol. The minimum absolute atomic E-state index is 0.0940. The van der Waals surface area contributed by atoms with E-state index >= 15 is 0 Å². The topological polar surface area (TPSA) is 103 Å². The van der Waals surface area contributed by atoms with Gasteiger partial charge in [-0.1, -0.05) is 0 Å². The van der Waals surface area contributed by atoms with Crippen molar-refractivity contribution in [3.05, 3.63) is 22.2 Å². The molecule has 7 nitrogen and oxygen atoms in total. The van der Waals surface area contributed by atoms with E-state index < -0.39 is 21.4 Å². The zero-order valence-corrected chi connectivity index (χ0v) is 14.4. The monoisotopic (exact) mass is 435 g/mol. The third-order valence-electron chi connectivity index (χ3n) is 2.12. The number of nitrogens with two attached hydrogens (primary N) is 1. The molecule has 0 amide bonds. The lowest BCUT2D eigenvalue weighted by Gasteiger charge is -2.14. The van der Waals surface area contributed by atoms with Gasteiger partial charge in [-0.05, 0) is 45.8 Å². The summed E-state index contributed by atoms with van der Waals surface area (Å²) in [7, 11) is -4.71. The van der Waals surface area contributed by atoms with E-state index in [1.54, 1.807) is 0 Å². The van der Waals surface area contributed by atoms with Crippen LogP contribution in [0.3, 0.4) is 0 Å². The van der Waals surface area contributed by atoms with Crippen LogP contribution in [0.5, 0.6) is 11.5 Å². The van der Waals surface area contributed by atoms with Crippen molar-refractivity contribution in [3.8, 4) is 11.5 Å². The number of halogens is 4. The smallest absolute Gasteiger partial charge is 0.493 e. The first kappa shape index (κ1) is 19.4. The van der Waals surface area contributed by atoms with Crippen molar-refractivity contribution in [2.75, 3.05) is 7.11 Å². The van der Waals surface area contributed by atoms with Crippen molar-refractivity contribution in [2.24, 2.45) is 10.8 Å². The van der Waals surface area contributed by atoms with Crippen LogP contribution in [0.25, 0.3) is 0 Å². The van der Waals surface area contributed by atoms with Crippen LogP contribution in [0.1, 0.15) is 5.56 Å². The summed E-state index contributed by atoms with van der Waals surface area (Å²) in [5.41, 5.74) is 2.20. The summed E-state index contributed by atoms with van der Waals surface area (Å²) in [6.45, 7) is 0. The Morgan fingerprint density at radius 2 is 2.09 bits per heavy atom. The third kappa shape index (κ3) is 5.21. The molecule has 3 N–H and O–H groups in total. The molecule has 1 rings (SSSR count). The summed E-state index contributed by atoms with van der Waals surface area (Å²) >= 11 is 7.44. The Labute approximate surface area is 142 Å². The van der Waals surface area contributed by atoms with Crippen molar-refractivity contribution >= 4 is 49.6 Å². The van der Waals surface area contributed by atoms with Gasteiger partial charge in [-0.3, -0.25) is 5.43 Å². The van der Waals surface area contributed by atoms with Crippen molar-refractivity contribution in [1.29, 1.82) is 0 Å². The minimum atomic E-state index is -5.84. The van der Waals surface area contributed by atoms with Gasteiger partial charge in [-0.25, -0.2) is 0 Å². The number of hydrazone groups is 1. The fourth-order valence-corrected chi connectivity index (χ4v) is 2.41. The van der Waals surface area contributed by atoms with Crippen LogP contribution in [0, 0.1) is 0 Å². The van der Waals surface area contributed by atoms with Gasteiger partial charge < -0.3 is 14.7 Å². The van der Waals surface area contributed by atoms with Crippen LogP contribution >= 0.6 is 28.1 Å². The fourth-order valence-electron chi connectivity index (χ4n) is 1.22. The summed E-state index contributed by atoms with van der Waals surface area (Å²) in [6.07, 6.45) is 1.23. The molecular weight excluding hydrogens is 427 g/mol. The second-order valence-corrected chi connectivity index (χ2v) is 6.58. The van der Waals surface area contributed by atoms with Gasteiger partial charge in [0.25, 0.3) is 0 Å². The van der Waals surface area contributed by atoms with Gasteiger partial charge in [0.15, 0.2) is 16.6 Å². The first-order chi connectivity index (χ1) is 10.5. The van der Waals surface area contributed by atoms with Crippen LogP contribution in [-0.2, 0) is 10.1 Å². The predicted octanol–water partition coefficient (Wildman–Crippen LogP) is 1.85. The lowest BCUT2D eigenvalue weighted by molar-refractivity contribution is -0.0500. The lowest BCUT2D eigenvalue weighted by atomic mass is 10.2. The molecular formula is C10H9BrF3N3O4S2. The molecule has 0 spiro atoms. The molecule has 0 aliphatic heterocycles. The molecule has 0 aliphatic rings. The highest BCUT2D eigenvalue weighted by atomic mass is 79.9. The number of alkyl halides is 3. The van der Waals surface area contributed by atoms with Crippen LogP contribution in [0.2, 0.25) is 0 Å². The van der Waals surface area contributed by atoms with Crippen molar-refractivity contribution in [1.82, 2.24) is 5.43 Å². The molecule has 0 heterocycles. The van der Waals surface area contributed by atoms with Crippen molar-refractivity contribution in [2.45, 2.75) is 5.51 Å². The molecule has 0 aliphatic carbocycles. The number of methoxy groups -OCH3 is 1. The Hall–Kier alpha value is -1.60. The van der Waals surface area contributed by atoms with Crippen LogP contribution in [0.15, 0.2) is 21.7 Å². The van der Waals surface area contributed by atoms with Gasteiger partial charge in [-0.2, -0.15) is 26.7 Å². The number of benzene rings is 1. The molecule has 0 unspecified atom stereocenters. The van der Waals surface area contributed by atoms with E-state index in [1.807, 2.05) is 0 Å². The van der Waals surface area contributed by atoms with Crippen LogP contribution in [0.4, 0.5) is 13.2 Å². The molecule has 128 valence electrons. The van der Waals surface area contributed by atoms with Gasteiger partial charge in [0.1, 0.15) is 0 Å². The zero-order chi connectivity index (χ0) is 17.8. The molecule has 0 saturated heterocycles. The maximum absolute atomic E-state index is 12.4. The summed E-state index contributed by atoms with van der Waals surface area (Å²) in [5, 5.41) is 3.55. The summed E-state index contributed by atoms with van der Waals surface area (Å²) < 4.78 is 68.2. The fraction of sp³-hybridized carbons (Fsp3) is 0.200. The van der Waals surface area contributed by atoms with Gasteiger partial charge >= 0.3 is 15.6 Å². The Balaban J connectivity index is 3.21. The lowest BCUT2D eigenvalue weighted by Crippen LogP contribution is -2.28. The van der Waals surface area contributed by atoms with Crippen molar-refractivity contribution in [3.63, 3.8) is 0 Å². The van der Waals surface area contributed by atoms with E-state index in [-0.39, 0.29) is 15.3 Å². The highest BCUT2D eigenvalue weighted by Crippen LogP contribution is 2.39. The Bertz CT molecular complexity index is 738.